The van der Waals surface area contributed by atoms with Crippen LogP contribution in [0.4, 0.5) is 0 Å². The van der Waals surface area contributed by atoms with Gasteiger partial charge >= 0.3 is 0 Å². The fraction of sp³-hybridized carbons (Fsp3) is 0. The molecule has 0 bridgehead atoms. The Bertz CT molecular complexity index is 3430. The van der Waals surface area contributed by atoms with Crippen molar-refractivity contribution >= 4 is 86.0 Å². The summed E-state index contributed by atoms with van der Waals surface area (Å²) in [5, 5.41) is 9.36. The van der Waals surface area contributed by atoms with E-state index in [0.717, 1.165) is 55.1 Å². The number of para-hydroxylation sites is 1. The van der Waals surface area contributed by atoms with E-state index < -0.39 is 0 Å². The lowest BCUT2D eigenvalue weighted by atomic mass is 9.98. The van der Waals surface area contributed by atoms with Crippen LogP contribution in [0.5, 0.6) is 0 Å². The van der Waals surface area contributed by atoms with Crippen molar-refractivity contribution in [3.63, 3.8) is 0 Å². The molecule has 12 rings (SSSR count). The first-order chi connectivity index (χ1) is 27.3. The average Bonchev–Trinajstić information content (AvgIpc) is 3.93. The van der Waals surface area contributed by atoms with E-state index in [9.17, 15) is 0 Å². The normalized spacial score (nSPS) is 12.0. The summed E-state index contributed by atoms with van der Waals surface area (Å²) in [6, 6.07) is 59.5. The van der Waals surface area contributed by atoms with Gasteiger partial charge in [0.25, 0.3) is 0 Å². The Kier molecular flexibility index (Phi) is 6.44. The van der Waals surface area contributed by atoms with Crippen molar-refractivity contribution in [1.82, 2.24) is 19.5 Å². The van der Waals surface area contributed by atoms with Crippen LogP contribution in [0.3, 0.4) is 0 Å². The largest absolute Gasteiger partial charge is 0.456 e. The van der Waals surface area contributed by atoms with E-state index in [4.69, 9.17) is 19.4 Å². The summed E-state index contributed by atoms with van der Waals surface area (Å²) < 4.78 is 11.8. The summed E-state index contributed by atoms with van der Waals surface area (Å²) in [5.74, 6) is 1.85. The minimum Gasteiger partial charge on any atom is -0.456 e. The molecule has 0 saturated carbocycles. The molecule has 0 unspecified atom stereocenters. The standard InChI is InChI=1S/C49H28N4OS/c1-3-13-29(14-4-1)47-50-48(30-15-5-2-6-16-30)52-49(51-47)38-28-42-44(35-20-8-7-17-32(35)38)39-27-31(23-26-41(39)54-42)53-40-21-11-9-18-33(40)36-24-25-37-34-19-10-12-22-43(34)55-46(37)45(36)53/h1-28H. The van der Waals surface area contributed by atoms with Gasteiger partial charge in [-0.25, -0.2) is 15.0 Å². The second kappa shape index (κ2) is 11.7. The molecule has 0 aliphatic carbocycles. The fourth-order valence-corrected chi connectivity index (χ4v) is 9.62. The average molecular weight is 721 g/mol. The minimum atomic E-state index is 0.601. The molecular weight excluding hydrogens is 693 g/mol. The highest BCUT2D eigenvalue weighted by molar-refractivity contribution is 7.26. The Balaban J connectivity index is 1.12. The van der Waals surface area contributed by atoms with Crippen LogP contribution >= 0.6 is 11.3 Å². The van der Waals surface area contributed by atoms with Crippen LogP contribution in [0.2, 0.25) is 0 Å². The Morgan fingerprint density at radius 3 is 1.82 bits per heavy atom. The maximum Gasteiger partial charge on any atom is 0.164 e. The molecule has 0 fully saturated rings. The molecule has 4 heterocycles. The topological polar surface area (TPSA) is 56.7 Å². The number of rotatable bonds is 4. The molecule has 6 heteroatoms. The van der Waals surface area contributed by atoms with Gasteiger partial charge in [0, 0.05) is 59.4 Å². The zero-order valence-corrected chi connectivity index (χ0v) is 30.1. The van der Waals surface area contributed by atoms with Crippen LogP contribution in [0, 0.1) is 0 Å². The zero-order chi connectivity index (χ0) is 36.0. The molecule has 0 aliphatic rings. The lowest BCUT2D eigenvalue weighted by Crippen LogP contribution is -2.00. The van der Waals surface area contributed by atoms with E-state index in [2.05, 4.69) is 114 Å². The van der Waals surface area contributed by atoms with Crippen molar-refractivity contribution < 1.29 is 4.42 Å². The molecule has 0 N–H and O–H groups in total. The third-order valence-electron chi connectivity index (χ3n) is 10.8. The summed E-state index contributed by atoms with van der Waals surface area (Å²) in [7, 11) is 0. The SMILES string of the molecule is c1ccc(-c2nc(-c3ccccc3)nc(-c3cc4oc5ccc(-n6c7ccccc7c7ccc8c9ccccc9sc8c76)cc5c4c4ccccc34)n2)cc1. The number of aromatic nitrogens is 4. The van der Waals surface area contributed by atoms with Gasteiger partial charge in [-0.2, -0.15) is 0 Å². The van der Waals surface area contributed by atoms with Crippen molar-refractivity contribution in [2.45, 2.75) is 0 Å². The molecule has 0 aliphatic heterocycles. The van der Waals surface area contributed by atoms with Crippen LogP contribution < -0.4 is 0 Å². The molecule has 256 valence electrons. The quantitative estimate of drug-likeness (QED) is 0.182. The second-order valence-electron chi connectivity index (χ2n) is 14.0. The van der Waals surface area contributed by atoms with Gasteiger partial charge in [-0.15, -0.1) is 11.3 Å². The van der Waals surface area contributed by atoms with Gasteiger partial charge in [0.05, 0.1) is 15.7 Å². The number of hydrogen-bond acceptors (Lipinski definition) is 5. The number of thiophene rings is 1. The molecule has 0 atom stereocenters. The van der Waals surface area contributed by atoms with Gasteiger partial charge in [-0.3, -0.25) is 0 Å². The van der Waals surface area contributed by atoms with Gasteiger partial charge in [-0.1, -0.05) is 133 Å². The van der Waals surface area contributed by atoms with Crippen LogP contribution in [-0.4, -0.2) is 19.5 Å². The predicted molar refractivity (Wildman–Crippen MR) is 228 cm³/mol. The molecular formula is C49H28N4OS. The Morgan fingerprint density at radius 1 is 0.436 bits per heavy atom. The van der Waals surface area contributed by atoms with E-state index in [0.29, 0.717) is 17.5 Å². The zero-order valence-electron chi connectivity index (χ0n) is 29.3. The molecule has 0 radical (unpaired) electrons. The molecule has 12 aromatic rings. The molecule has 5 nitrogen and oxygen atoms in total. The number of benzene rings is 8. The van der Waals surface area contributed by atoms with E-state index in [1.54, 1.807) is 0 Å². The first kappa shape index (κ1) is 30.3. The number of fused-ring (bicyclic) bond motifs is 12. The number of hydrogen-bond donors (Lipinski definition) is 0. The predicted octanol–water partition coefficient (Wildman–Crippen LogP) is 13.4. The molecule has 4 aromatic heterocycles. The van der Waals surface area contributed by atoms with E-state index in [-0.39, 0.29) is 0 Å². The monoisotopic (exact) mass is 720 g/mol. The van der Waals surface area contributed by atoms with E-state index in [1.807, 2.05) is 72.0 Å². The summed E-state index contributed by atoms with van der Waals surface area (Å²) >= 11 is 1.87. The molecule has 8 aromatic carbocycles. The van der Waals surface area contributed by atoms with Crippen molar-refractivity contribution in [2.75, 3.05) is 0 Å². The molecule has 0 spiro atoms. The van der Waals surface area contributed by atoms with Crippen LogP contribution in [0.25, 0.3) is 115 Å². The van der Waals surface area contributed by atoms with Crippen LogP contribution in [-0.2, 0) is 0 Å². The molecule has 0 saturated heterocycles. The second-order valence-corrected chi connectivity index (χ2v) is 15.0. The Morgan fingerprint density at radius 2 is 1.05 bits per heavy atom. The molecule has 55 heavy (non-hydrogen) atoms. The van der Waals surface area contributed by atoms with Gasteiger partial charge in [-0.05, 0) is 47.2 Å². The highest BCUT2D eigenvalue weighted by Gasteiger charge is 2.21. The maximum atomic E-state index is 6.73. The van der Waals surface area contributed by atoms with Crippen LogP contribution in [0.15, 0.2) is 174 Å². The van der Waals surface area contributed by atoms with Gasteiger partial charge in [0.1, 0.15) is 11.2 Å². The number of nitrogens with zero attached hydrogens (tertiary/aromatic N) is 4. The highest BCUT2D eigenvalue weighted by atomic mass is 32.1. The van der Waals surface area contributed by atoms with Crippen molar-refractivity contribution in [3.05, 3.63) is 170 Å². The van der Waals surface area contributed by atoms with Gasteiger partial charge < -0.3 is 8.98 Å². The van der Waals surface area contributed by atoms with Crippen molar-refractivity contribution in [3.8, 4) is 39.9 Å². The Hall–Kier alpha value is -7.15. The first-order valence-electron chi connectivity index (χ1n) is 18.4. The smallest absolute Gasteiger partial charge is 0.164 e. The summed E-state index contributed by atoms with van der Waals surface area (Å²) in [6.07, 6.45) is 0. The summed E-state index contributed by atoms with van der Waals surface area (Å²) in [6.45, 7) is 0. The molecule has 0 amide bonds. The summed E-state index contributed by atoms with van der Waals surface area (Å²) in [4.78, 5) is 15.1. The highest BCUT2D eigenvalue weighted by Crippen LogP contribution is 2.45. The lowest BCUT2D eigenvalue weighted by molar-refractivity contribution is 0.669. The fourth-order valence-electron chi connectivity index (χ4n) is 8.38. The lowest BCUT2D eigenvalue weighted by Gasteiger charge is -2.11. The van der Waals surface area contributed by atoms with Gasteiger partial charge in [0.2, 0.25) is 0 Å². The minimum absolute atomic E-state index is 0.601. The third kappa shape index (κ3) is 4.55. The van der Waals surface area contributed by atoms with Crippen LogP contribution in [0.1, 0.15) is 0 Å². The van der Waals surface area contributed by atoms with Gasteiger partial charge in [0.15, 0.2) is 17.5 Å². The number of furan rings is 1. The first-order valence-corrected chi connectivity index (χ1v) is 19.2. The van der Waals surface area contributed by atoms with Crippen molar-refractivity contribution in [2.24, 2.45) is 0 Å². The van der Waals surface area contributed by atoms with E-state index >= 15 is 0 Å². The maximum absolute atomic E-state index is 6.73. The van der Waals surface area contributed by atoms with E-state index in [1.165, 1.54) is 42.0 Å². The Labute approximate surface area is 318 Å². The van der Waals surface area contributed by atoms with Crippen molar-refractivity contribution in [1.29, 1.82) is 0 Å². The third-order valence-corrected chi connectivity index (χ3v) is 12.0. The summed E-state index contributed by atoms with van der Waals surface area (Å²) in [5.41, 5.74) is 7.89.